The Morgan fingerprint density at radius 2 is 2.10 bits per heavy atom. The zero-order valence-electron chi connectivity index (χ0n) is 12.4. The molecule has 21 heavy (non-hydrogen) atoms. The predicted octanol–water partition coefficient (Wildman–Crippen LogP) is 3.33. The fourth-order valence-corrected chi connectivity index (χ4v) is 1.94. The maximum atomic E-state index is 9.10. The van der Waals surface area contributed by atoms with Gasteiger partial charge in [0.15, 0.2) is 0 Å². The molecule has 5 nitrogen and oxygen atoms in total. The van der Waals surface area contributed by atoms with Crippen LogP contribution in [0.5, 0.6) is 0 Å². The highest BCUT2D eigenvalue weighted by molar-refractivity contribution is 5.63. The van der Waals surface area contributed by atoms with Crippen LogP contribution in [0.3, 0.4) is 0 Å². The SMILES string of the molecule is CCCCN(C)c1ccnc(Nc2ccccc2C#N)n1. The van der Waals surface area contributed by atoms with Gasteiger partial charge in [-0.05, 0) is 24.6 Å². The van der Waals surface area contributed by atoms with Gasteiger partial charge in [0.2, 0.25) is 5.95 Å². The summed E-state index contributed by atoms with van der Waals surface area (Å²) in [6, 6.07) is 11.4. The van der Waals surface area contributed by atoms with Crippen molar-refractivity contribution < 1.29 is 0 Å². The summed E-state index contributed by atoms with van der Waals surface area (Å²) in [5.74, 6) is 1.37. The Morgan fingerprint density at radius 1 is 1.29 bits per heavy atom. The van der Waals surface area contributed by atoms with E-state index in [1.807, 2.05) is 31.3 Å². The fourth-order valence-electron chi connectivity index (χ4n) is 1.94. The lowest BCUT2D eigenvalue weighted by Gasteiger charge is -2.18. The number of unbranched alkanes of at least 4 members (excludes halogenated alkanes) is 1. The summed E-state index contributed by atoms with van der Waals surface area (Å²) in [6.45, 7) is 3.13. The number of nitriles is 1. The third kappa shape index (κ3) is 3.93. The van der Waals surface area contributed by atoms with E-state index in [2.05, 4.69) is 33.2 Å². The number of para-hydroxylation sites is 1. The minimum absolute atomic E-state index is 0.499. The average Bonchev–Trinajstić information content (AvgIpc) is 2.53. The third-order valence-electron chi connectivity index (χ3n) is 3.17. The van der Waals surface area contributed by atoms with Crippen LogP contribution in [0.1, 0.15) is 25.3 Å². The van der Waals surface area contributed by atoms with E-state index in [4.69, 9.17) is 5.26 Å². The van der Waals surface area contributed by atoms with Gasteiger partial charge in [-0.15, -0.1) is 0 Å². The van der Waals surface area contributed by atoms with Gasteiger partial charge in [0.25, 0.3) is 0 Å². The second-order valence-corrected chi connectivity index (χ2v) is 4.80. The number of anilines is 3. The van der Waals surface area contributed by atoms with Gasteiger partial charge >= 0.3 is 0 Å². The number of nitrogens with zero attached hydrogens (tertiary/aromatic N) is 4. The standard InChI is InChI=1S/C16H19N5/c1-3-4-11-21(2)15-9-10-18-16(20-15)19-14-8-6-5-7-13(14)12-17/h5-10H,3-4,11H2,1-2H3,(H,18,19,20). The minimum Gasteiger partial charge on any atom is -0.360 e. The molecule has 0 bridgehead atoms. The van der Waals surface area contributed by atoms with Crippen molar-refractivity contribution in [1.29, 1.82) is 5.26 Å². The van der Waals surface area contributed by atoms with Crippen molar-refractivity contribution in [3.63, 3.8) is 0 Å². The van der Waals surface area contributed by atoms with E-state index in [-0.39, 0.29) is 0 Å². The van der Waals surface area contributed by atoms with Crippen LogP contribution < -0.4 is 10.2 Å². The lowest BCUT2D eigenvalue weighted by atomic mass is 10.2. The lowest BCUT2D eigenvalue weighted by Crippen LogP contribution is -2.20. The molecule has 0 fully saturated rings. The zero-order valence-corrected chi connectivity index (χ0v) is 12.4. The second-order valence-electron chi connectivity index (χ2n) is 4.80. The topological polar surface area (TPSA) is 64.8 Å². The van der Waals surface area contributed by atoms with E-state index in [9.17, 15) is 0 Å². The summed E-state index contributed by atoms with van der Waals surface area (Å²) in [5.41, 5.74) is 1.29. The van der Waals surface area contributed by atoms with E-state index >= 15 is 0 Å². The highest BCUT2D eigenvalue weighted by atomic mass is 15.2. The summed E-state index contributed by atoms with van der Waals surface area (Å²) in [6.07, 6.45) is 4.00. The molecule has 1 heterocycles. The Bertz CT molecular complexity index is 633. The van der Waals surface area contributed by atoms with Gasteiger partial charge in [-0.2, -0.15) is 10.2 Å². The molecule has 0 spiro atoms. The number of hydrogen-bond acceptors (Lipinski definition) is 5. The van der Waals surface area contributed by atoms with E-state index in [1.54, 1.807) is 12.3 Å². The molecule has 0 radical (unpaired) electrons. The van der Waals surface area contributed by atoms with Crippen LogP contribution in [-0.2, 0) is 0 Å². The molecule has 0 atom stereocenters. The van der Waals surface area contributed by atoms with Gasteiger partial charge in [-0.1, -0.05) is 25.5 Å². The van der Waals surface area contributed by atoms with Gasteiger partial charge in [-0.3, -0.25) is 0 Å². The molecule has 0 aliphatic rings. The Kier molecular flexibility index (Phi) is 5.10. The van der Waals surface area contributed by atoms with E-state index < -0.39 is 0 Å². The molecule has 1 aromatic carbocycles. The first kappa shape index (κ1) is 14.8. The molecule has 0 saturated heterocycles. The van der Waals surface area contributed by atoms with Crippen LogP contribution in [0.25, 0.3) is 0 Å². The van der Waals surface area contributed by atoms with Gasteiger partial charge in [0.1, 0.15) is 11.9 Å². The van der Waals surface area contributed by atoms with Crippen molar-refractivity contribution >= 4 is 17.5 Å². The minimum atomic E-state index is 0.499. The normalized spacial score (nSPS) is 9.95. The maximum absolute atomic E-state index is 9.10. The Labute approximate surface area is 125 Å². The summed E-state index contributed by atoms with van der Waals surface area (Å²) in [5, 5.41) is 12.2. The first-order chi connectivity index (χ1) is 10.2. The van der Waals surface area contributed by atoms with E-state index in [0.717, 1.165) is 25.2 Å². The highest BCUT2D eigenvalue weighted by Gasteiger charge is 2.06. The van der Waals surface area contributed by atoms with Crippen molar-refractivity contribution in [3.8, 4) is 6.07 Å². The van der Waals surface area contributed by atoms with E-state index in [0.29, 0.717) is 17.2 Å². The van der Waals surface area contributed by atoms with Crippen LogP contribution in [0.4, 0.5) is 17.5 Å². The molecule has 0 unspecified atom stereocenters. The van der Waals surface area contributed by atoms with Crippen molar-refractivity contribution in [1.82, 2.24) is 9.97 Å². The fraction of sp³-hybridized carbons (Fsp3) is 0.312. The summed E-state index contributed by atoms with van der Waals surface area (Å²) >= 11 is 0. The highest BCUT2D eigenvalue weighted by Crippen LogP contribution is 2.19. The smallest absolute Gasteiger partial charge is 0.229 e. The van der Waals surface area contributed by atoms with Crippen molar-refractivity contribution in [2.45, 2.75) is 19.8 Å². The monoisotopic (exact) mass is 281 g/mol. The Morgan fingerprint density at radius 3 is 2.86 bits per heavy atom. The number of nitrogens with one attached hydrogen (secondary N) is 1. The average molecular weight is 281 g/mol. The van der Waals surface area contributed by atoms with Crippen LogP contribution >= 0.6 is 0 Å². The lowest BCUT2D eigenvalue weighted by molar-refractivity contribution is 0.759. The van der Waals surface area contributed by atoms with Crippen LogP contribution in [0, 0.1) is 11.3 Å². The molecule has 1 N–H and O–H groups in total. The van der Waals surface area contributed by atoms with Gasteiger partial charge in [0, 0.05) is 19.8 Å². The van der Waals surface area contributed by atoms with Crippen LogP contribution in [0.2, 0.25) is 0 Å². The molecule has 0 amide bonds. The first-order valence-electron chi connectivity index (χ1n) is 7.05. The molecular formula is C16H19N5. The predicted molar refractivity (Wildman–Crippen MR) is 84.6 cm³/mol. The summed E-state index contributed by atoms with van der Waals surface area (Å²) in [4.78, 5) is 10.8. The molecule has 108 valence electrons. The zero-order chi connectivity index (χ0) is 15.1. The third-order valence-corrected chi connectivity index (χ3v) is 3.17. The number of hydrogen-bond donors (Lipinski definition) is 1. The summed E-state index contributed by atoms with van der Waals surface area (Å²) in [7, 11) is 2.02. The Balaban J connectivity index is 2.16. The molecular weight excluding hydrogens is 262 g/mol. The van der Waals surface area contributed by atoms with Crippen molar-refractivity contribution in [3.05, 3.63) is 42.1 Å². The number of benzene rings is 1. The number of aromatic nitrogens is 2. The molecule has 0 aliphatic carbocycles. The second kappa shape index (κ2) is 7.25. The van der Waals surface area contributed by atoms with Crippen LogP contribution in [0.15, 0.2) is 36.5 Å². The van der Waals surface area contributed by atoms with Gasteiger partial charge in [-0.25, -0.2) is 4.98 Å². The molecule has 0 aliphatic heterocycles. The Hall–Kier alpha value is -2.61. The molecule has 2 aromatic rings. The largest absolute Gasteiger partial charge is 0.360 e. The number of rotatable bonds is 6. The molecule has 5 heteroatoms. The maximum Gasteiger partial charge on any atom is 0.229 e. The van der Waals surface area contributed by atoms with Crippen molar-refractivity contribution in [2.75, 3.05) is 23.8 Å². The molecule has 0 saturated carbocycles. The summed E-state index contributed by atoms with van der Waals surface area (Å²) < 4.78 is 0. The molecule has 1 aromatic heterocycles. The first-order valence-corrected chi connectivity index (χ1v) is 7.05. The molecule has 2 rings (SSSR count). The quantitative estimate of drug-likeness (QED) is 0.879. The van der Waals surface area contributed by atoms with E-state index in [1.165, 1.54) is 0 Å². The van der Waals surface area contributed by atoms with Gasteiger partial charge < -0.3 is 10.2 Å². The van der Waals surface area contributed by atoms with Crippen molar-refractivity contribution in [2.24, 2.45) is 0 Å². The van der Waals surface area contributed by atoms with Crippen LogP contribution in [-0.4, -0.2) is 23.6 Å². The van der Waals surface area contributed by atoms with Gasteiger partial charge in [0.05, 0.1) is 11.3 Å².